The lowest BCUT2D eigenvalue weighted by atomic mass is 10.2. The van der Waals surface area contributed by atoms with Gasteiger partial charge in [0.1, 0.15) is 11.5 Å². The third-order valence-corrected chi connectivity index (χ3v) is 5.03. The van der Waals surface area contributed by atoms with Crippen LogP contribution >= 0.6 is 12.2 Å². The molecule has 0 fully saturated rings. The fourth-order valence-electron chi connectivity index (χ4n) is 2.96. The van der Waals surface area contributed by atoms with Crippen molar-refractivity contribution in [1.29, 1.82) is 0 Å². The first-order valence-corrected chi connectivity index (χ1v) is 11.1. The smallest absolute Gasteiger partial charge is 0.257 e. The number of ether oxygens (including phenoxy) is 2. The van der Waals surface area contributed by atoms with Crippen LogP contribution < -0.4 is 20.1 Å². The second kappa shape index (κ2) is 11.9. The average Bonchev–Trinajstić information content (AvgIpc) is 2.80. The van der Waals surface area contributed by atoms with E-state index in [1.54, 1.807) is 18.2 Å². The van der Waals surface area contributed by atoms with Crippen molar-refractivity contribution in [2.75, 3.05) is 11.9 Å². The van der Waals surface area contributed by atoms with Gasteiger partial charge in [-0.15, -0.1) is 0 Å². The Morgan fingerprint density at radius 1 is 0.969 bits per heavy atom. The maximum atomic E-state index is 12.6. The molecule has 0 bridgehead atoms. The number of benzene rings is 3. The molecule has 0 aromatic heterocycles. The van der Waals surface area contributed by atoms with Crippen LogP contribution in [0.2, 0.25) is 0 Å². The fraction of sp³-hybridized carbons (Fsp3) is 0.231. The Morgan fingerprint density at radius 3 is 2.50 bits per heavy atom. The number of hydrogen-bond donors (Lipinski definition) is 2. The lowest BCUT2D eigenvalue weighted by molar-refractivity contribution is 0.0977. The monoisotopic (exact) mass is 448 g/mol. The molecule has 32 heavy (non-hydrogen) atoms. The van der Waals surface area contributed by atoms with Crippen LogP contribution in [0.3, 0.4) is 0 Å². The number of carbonyl (C=O) groups is 1. The van der Waals surface area contributed by atoms with Gasteiger partial charge < -0.3 is 14.8 Å². The first-order chi connectivity index (χ1) is 15.5. The molecule has 3 aromatic rings. The molecule has 0 aliphatic rings. The molecule has 0 saturated carbocycles. The largest absolute Gasteiger partial charge is 0.493 e. The average molecular weight is 449 g/mol. The third-order valence-electron chi connectivity index (χ3n) is 4.83. The predicted molar refractivity (Wildman–Crippen MR) is 133 cm³/mol. The van der Waals surface area contributed by atoms with Gasteiger partial charge in [0, 0.05) is 23.7 Å². The van der Waals surface area contributed by atoms with Gasteiger partial charge in [0.05, 0.1) is 12.7 Å². The zero-order valence-corrected chi connectivity index (χ0v) is 19.2. The van der Waals surface area contributed by atoms with E-state index in [0.717, 1.165) is 24.3 Å². The molecule has 0 heterocycles. The summed E-state index contributed by atoms with van der Waals surface area (Å²) in [5.74, 6) is 1.09. The van der Waals surface area contributed by atoms with Crippen molar-refractivity contribution in [1.82, 2.24) is 5.32 Å². The minimum Gasteiger partial charge on any atom is -0.493 e. The van der Waals surface area contributed by atoms with Gasteiger partial charge in [-0.05, 0) is 61.5 Å². The Labute approximate surface area is 194 Å². The van der Waals surface area contributed by atoms with Crippen molar-refractivity contribution in [2.45, 2.75) is 32.8 Å². The molecular formula is C26H28N2O3S. The molecule has 1 atom stereocenters. The van der Waals surface area contributed by atoms with Gasteiger partial charge in [-0.1, -0.05) is 49.4 Å². The number of rotatable bonds is 9. The maximum absolute atomic E-state index is 12.6. The van der Waals surface area contributed by atoms with E-state index in [2.05, 4.69) is 29.7 Å². The molecular weight excluding hydrogens is 420 g/mol. The van der Waals surface area contributed by atoms with Crippen molar-refractivity contribution in [3.63, 3.8) is 0 Å². The van der Waals surface area contributed by atoms with Gasteiger partial charge in [0.15, 0.2) is 5.11 Å². The molecule has 6 heteroatoms. The number of anilines is 1. The van der Waals surface area contributed by atoms with Crippen LogP contribution in [0, 0.1) is 0 Å². The van der Waals surface area contributed by atoms with Gasteiger partial charge in [0.25, 0.3) is 5.91 Å². The SMILES string of the molecule is CCC(C)Oc1cccc(NC(=S)NC(=O)c2cccc(OCCc3ccccc3)c2)c1. The molecule has 1 unspecified atom stereocenters. The minimum absolute atomic E-state index is 0.124. The van der Waals surface area contributed by atoms with Gasteiger partial charge in [-0.2, -0.15) is 0 Å². The highest BCUT2D eigenvalue weighted by molar-refractivity contribution is 7.80. The minimum atomic E-state index is -0.303. The zero-order valence-electron chi connectivity index (χ0n) is 18.3. The summed E-state index contributed by atoms with van der Waals surface area (Å²) in [6.07, 6.45) is 1.84. The van der Waals surface area contributed by atoms with E-state index in [-0.39, 0.29) is 17.1 Å². The van der Waals surface area contributed by atoms with Crippen LogP contribution in [0.4, 0.5) is 5.69 Å². The Hall–Kier alpha value is -3.38. The first kappa shape index (κ1) is 23.3. The maximum Gasteiger partial charge on any atom is 0.257 e. The lowest BCUT2D eigenvalue weighted by Crippen LogP contribution is -2.34. The van der Waals surface area contributed by atoms with E-state index in [1.165, 1.54) is 5.56 Å². The normalized spacial score (nSPS) is 11.3. The number of thiocarbonyl (C=S) groups is 1. The Balaban J connectivity index is 1.52. The highest BCUT2D eigenvalue weighted by Gasteiger charge is 2.10. The van der Waals surface area contributed by atoms with Gasteiger partial charge in [0.2, 0.25) is 0 Å². The molecule has 0 aliphatic carbocycles. The van der Waals surface area contributed by atoms with Crippen LogP contribution in [0.5, 0.6) is 11.5 Å². The fourth-order valence-corrected chi connectivity index (χ4v) is 3.17. The summed E-state index contributed by atoms with van der Waals surface area (Å²) in [7, 11) is 0. The summed E-state index contributed by atoms with van der Waals surface area (Å²) < 4.78 is 11.6. The Bertz CT molecular complexity index is 1040. The standard InChI is InChI=1S/C26H28N2O3S/c1-3-19(2)31-24-14-8-12-22(18-24)27-26(32)28-25(29)21-11-7-13-23(17-21)30-16-15-20-9-5-4-6-10-20/h4-14,17-19H,3,15-16H2,1-2H3,(H2,27,28,29,32). The highest BCUT2D eigenvalue weighted by Crippen LogP contribution is 2.19. The summed E-state index contributed by atoms with van der Waals surface area (Å²) >= 11 is 5.31. The highest BCUT2D eigenvalue weighted by atomic mass is 32.1. The summed E-state index contributed by atoms with van der Waals surface area (Å²) in [6.45, 7) is 4.62. The first-order valence-electron chi connectivity index (χ1n) is 10.7. The van der Waals surface area contributed by atoms with E-state index in [0.29, 0.717) is 17.9 Å². The molecule has 3 rings (SSSR count). The van der Waals surface area contributed by atoms with Crippen molar-refractivity contribution < 1.29 is 14.3 Å². The number of amides is 1. The summed E-state index contributed by atoms with van der Waals surface area (Å²) in [6, 6.07) is 24.7. The van der Waals surface area contributed by atoms with Crippen LogP contribution in [0.15, 0.2) is 78.9 Å². The predicted octanol–water partition coefficient (Wildman–Crippen LogP) is 5.61. The Morgan fingerprint density at radius 2 is 1.72 bits per heavy atom. The van der Waals surface area contributed by atoms with Crippen molar-refractivity contribution in [3.05, 3.63) is 90.0 Å². The van der Waals surface area contributed by atoms with E-state index < -0.39 is 0 Å². The van der Waals surface area contributed by atoms with Gasteiger partial charge in [-0.25, -0.2) is 0 Å². The summed E-state index contributed by atoms with van der Waals surface area (Å²) in [4.78, 5) is 12.6. The summed E-state index contributed by atoms with van der Waals surface area (Å²) in [5, 5.41) is 5.95. The third kappa shape index (κ3) is 7.39. The Kier molecular flexibility index (Phi) is 8.63. The van der Waals surface area contributed by atoms with Crippen molar-refractivity contribution in [2.24, 2.45) is 0 Å². The quantitative estimate of drug-likeness (QED) is 0.417. The molecule has 0 aliphatic heterocycles. The molecule has 0 saturated heterocycles. The molecule has 0 spiro atoms. The van der Waals surface area contributed by atoms with Crippen molar-refractivity contribution >= 4 is 28.9 Å². The molecule has 3 aromatic carbocycles. The zero-order chi connectivity index (χ0) is 22.8. The molecule has 166 valence electrons. The second-order valence-electron chi connectivity index (χ2n) is 7.38. The number of nitrogens with one attached hydrogen (secondary N) is 2. The molecule has 5 nitrogen and oxygen atoms in total. The lowest BCUT2D eigenvalue weighted by Gasteiger charge is -2.14. The topological polar surface area (TPSA) is 59.6 Å². The second-order valence-corrected chi connectivity index (χ2v) is 7.79. The van der Waals surface area contributed by atoms with Crippen molar-refractivity contribution in [3.8, 4) is 11.5 Å². The van der Waals surface area contributed by atoms with E-state index >= 15 is 0 Å². The summed E-state index contributed by atoms with van der Waals surface area (Å²) in [5.41, 5.74) is 2.42. The van der Waals surface area contributed by atoms with Gasteiger partial charge in [-0.3, -0.25) is 10.1 Å². The van der Waals surface area contributed by atoms with Crippen LogP contribution in [0.1, 0.15) is 36.2 Å². The van der Waals surface area contributed by atoms with E-state index in [1.807, 2.05) is 55.5 Å². The number of carbonyl (C=O) groups excluding carboxylic acids is 1. The van der Waals surface area contributed by atoms with Crippen LogP contribution in [0.25, 0.3) is 0 Å². The molecule has 1 amide bonds. The van der Waals surface area contributed by atoms with Gasteiger partial charge >= 0.3 is 0 Å². The number of hydrogen-bond acceptors (Lipinski definition) is 4. The van der Waals surface area contributed by atoms with Crippen LogP contribution in [-0.2, 0) is 6.42 Å². The van der Waals surface area contributed by atoms with E-state index in [4.69, 9.17) is 21.7 Å². The van der Waals surface area contributed by atoms with Crippen LogP contribution in [-0.4, -0.2) is 23.7 Å². The molecule has 0 radical (unpaired) electrons. The van der Waals surface area contributed by atoms with E-state index in [9.17, 15) is 4.79 Å². The molecule has 2 N–H and O–H groups in total.